The number of thiazole rings is 1. The van der Waals surface area contributed by atoms with Crippen molar-refractivity contribution in [1.29, 1.82) is 0 Å². The minimum Gasteiger partial charge on any atom is -0.300 e. The Morgan fingerprint density at radius 3 is 2.54 bits per heavy atom. The molecule has 2 aromatic heterocycles. The van der Waals surface area contributed by atoms with Gasteiger partial charge < -0.3 is 0 Å². The summed E-state index contributed by atoms with van der Waals surface area (Å²) in [5, 5.41) is 15.4. The number of fused-ring (bicyclic) bond motifs is 1. The molecule has 0 saturated carbocycles. The molecule has 3 aromatic rings. The molecule has 0 spiro atoms. The van der Waals surface area contributed by atoms with Crippen LogP contribution in [0.1, 0.15) is 50.3 Å². The summed E-state index contributed by atoms with van der Waals surface area (Å²) in [7, 11) is 0. The molecule has 0 bridgehead atoms. The van der Waals surface area contributed by atoms with Crippen LogP contribution in [0, 0.1) is 13.8 Å². The number of anilines is 2. The molecule has 2 N–H and O–H groups in total. The van der Waals surface area contributed by atoms with Crippen molar-refractivity contribution in [3.63, 3.8) is 0 Å². The topological polar surface area (TPSA) is 96.9 Å². The number of carbonyl (C=O) groups is 2. The van der Waals surface area contributed by atoms with E-state index in [0.717, 1.165) is 40.4 Å². The van der Waals surface area contributed by atoms with Crippen LogP contribution in [0.25, 0.3) is 0 Å². The average molecular weight is 414 g/mol. The van der Waals surface area contributed by atoms with Crippen LogP contribution in [0.5, 0.6) is 0 Å². The maximum absolute atomic E-state index is 12.7. The highest BCUT2D eigenvalue weighted by Crippen LogP contribution is 2.37. The number of hydrogen-bond acceptors (Lipinski definition) is 7. The Bertz CT molecular complexity index is 1030. The van der Waals surface area contributed by atoms with E-state index in [1.807, 2.05) is 26.0 Å². The number of amides is 2. The van der Waals surface area contributed by atoms with Crippen LogP contribution in [0.4, 0.5) is 10.3 Å². The number of carbonyl (C=O) groups excluding carboxylic acids is 2. The Labute approximate surface area is 170 Å². The molecular weight excluding hydrogens is 394 g/mol. The van der Waals surface area contributed by atoms with Gasteiger partial charge in [-0.25, -0.2) is 4.98 Å². The lowest BCUT2D eigenvalue weighted by Crippen LogP contribution is -2.24. The molecule has 144 valence electrons. The van der Waals surface area contributed by atoms with Crippen LogP contribution in [0.15, 0.2) is 24.3 Å². The van der Waals surface area contributed by atoms with Crippen molar-refractivity contribution in [1.82, 2.24) is 15.2 Å². The van der Waals surface area contributed by atoms with Gasteiger partial charge in [-0.1, -0.05) is 29.0 Å². The molecule has 1 aliphatic rings. The van der Waals surface area contributed by atoms with Crippen LogP contribution in [-0.2, 0) is 11.2 Å². The zero-order valence-electron chi connectivity index (χ0n) is 15.5. The number of aromatic nitrogens is 3. The van der Waals surface area contributed by atoms with E-state index < -0.39 is 0 Å². The second-order valence-corrected chi connectivity index (χ2v) is 8.97. The zero-order valence-corrected chi connectivity index (χ0v) is 17.1. The van der Waals surface area contributed by atoms with Gasteiger partial charge in [0, 0.05) is 10.4 Å². The smallest absolute Gasteiger partial charge is 0.257 e. The van der Waals surface area contributed by atoms with Crippen molar-refractivity contribution in [2.24, 2.45) is 0 Å². The number of hydrogen-bond donors (Lipinski definition) is 2. The van der Waals surface area contributed by atoms with E-state index in [1.165, 1.54) is 22.7 Å². The molecule has 0 radical (unpaired) electrons. The quantitative estimate of drug-likeness (QED) is 0.676. The summed E-state index contributed by atoms with van der Waals surface area (Å²) in [4.78, 5) is 30.8. The van der Waals surface area contributed by atoms with E-state index in [0.29, 0.717) is 15.8 Å². The minimum atomic E-state index is -0.339. The summed E-state index contributed by atoms with van der Waals surface area (Å²) >= 11 is 2.79. The average Bonchev–Trinajstić information content (AvgIpc) is 3.27. The fourth-order valence-electron chi connectivity index (χ4n) is 3.14. The predicted octanol–water partition coefficient (Wildman–Crippen LogP) is 3.92. The summed E-state index contributed by atoms with van der Waals surface area (Å²) in [6, 6.07) is 7.38. The SMILES string of the molecule is Cc1ccc(C(=O)Nc2nc3c(s2)CCCC3C(=O)Nc2nnc(C)s2)cc1. The van der Waals surface area contributed by atoms with E-state index >= 15 is 0 Å². The molecule has 1 atom stereocenters. The Hall–Kier alpha value is -2.65. The fraction of sp³-hybridized carbons (Fsp3) is 0.316. The molecule has 0 aliphatic heterocycles. The summed E-state index contributed by atoms with van der Waals surface area (Å²) < 4.78 is 0. The molecular formula is C19H19N5O2S2. The second kappa shape index (κ2) is 7.76. The zero-order chi connectivity index (χ0) is 19.7. The fourth-order valence-corrected chi connectivity index (χ4v) is 4.80. The molecule has 0 saturated heterocycles. The summed E-state index contributed by atoms with van der Waals surface area (Å²) in [6.07, 6.45) is 2.51. The molecule has 0 fully saturated rings. The maximum atomic E-state index is 12.7. The third-order valence-corrected chi connectivity index (χ3v) is 6.36. The first kappa shape index (κ1) is 18.7. The molecule has 9 heteroatoms. The second-order valence-electron chi connectivity index (χ2n) is 6.71. The van der Waals surface area contributed by atoms with E-state index in [2.05, 4.69) is 25.8 Å². The van der Waals surface area contributed by atoms with Crippen molar-refractivity contribution in [3.05, 3.63) is 51.0 Å². The summed E-state index contributed by atoms with van der Waals surface area (Å²) in [5.74, 6) is -0.663. The number of benzene rings is 1. The highest BCUT2D eigenvalue weighted by Gasteiger charge is 2.31. The number of rotatable bonds is 4. The van der Waals surface area contributed by atoms with E-state index in [4.69, 9.17) is 0 Å². The predicted molar refractivity (Wildman–Crippen MR) is 110 cm³/mol. The standard InChI is InChI=1S/C19H19N5O2S2/c1-10-6-8-12(9-7-10)16(25)21-18-20-15-13(4-3-5-14(15)28-18)17(26)22-19-24-23-11(2)27-19/h6-9,13H,3-5H2,1-2H3,(H,20,21,25)(H,22,24,26). The van der Waals surface area contributed by atoms with E-state index in [-0.39, 0.29) is 17.7 Å². The maximum Gasteiger partial charge on any atom is 0.257 e. The lowest BCUT2D eigenvalue weighted by atomic mass is 9.90. The van der Waals surface area contributed by atoms with Gasteiger partial charge in [-0.05, 0) is 45.2 Å². The van der Waals surface area contributed by atoms with Gasteiger partial charge in [-0.3, -0.25) is 20.2 Å². The normalized spacial score (nSPS) is 15.7. The van der Waals surface area contributed by atoms with Gasteiger partial charge >= 0.3 is 0 Å². The Morgan fingerprint density at radius 1 is 1.04 bits per heavy atom. The first-order valence-electron chi connectivity index (χ1n) is 8.98. The monoisotopic (exact) mass is 413 g/mol. The molecule has 2 amide bonds. The third kappa shape index (κ3) is 3.95. The van der Waals surface area contributed by atoms with Gasteiger partial charge in [0.15, 0.2) is 5.13 Å². The van der Waals surface area contributed by atoms with Crippen molar-refractivity contribution in [2.75, 3.05) is 10.6 Å². The van der Waals surface area contributed by atoms with Crippen molar-refractivity contribution in [2.45, 2.75) is 39.0 Å². The van der Waals surface area contributed by atoms with Crippen LogP contribution in [0.3, 0.4) is 0 Å². The highest BCUT2D eigenvalue weighted by molar-refractivity contribution is 7.16. The Morgan fingerprint density at radius 2 is 1.82 bits per heavy atom. The van der Waals surface area contributed by atoms with Crippen LogP contribution in [-0.4, -0.2) is 27.0 Å². The molecule has 1 aromatic carbocycles. The van der Waals surface area contributed by atoms with Gasteiger partial charge in [0.1, 0.15) is 5.01 Å². The van der Waals surface area contributed by atoms with E-state index in [9.17, 15) is 9.59 Å². The first-order valence-corrected chi connectivity index (χ1v) is 10.6. The van der Waals surface area contributed by atoms with Gasteiger partial charge in [0.25, 0.3) is 5.91 Å². The van der Waals surface area contributed by atoms with Gasteiger partial charge in [0.05, 0.1) is 11.6 Å². The molecule has 1 aliphatic carbocycles. The first-order chi connectivity index (χ1) is 13.5. The van der Waals surface area contributed by atoms with Crippen LogP contribution >= 0.6 is 22.7 Å². The van der Waals surface area contributed by atoms with Gasteiger partial charge in [-0.15, -0.1) is 21.5 Å². The van der Waals surface area contributed by atoms with Crippen LogP contribution in [0.2, 0.25) is 0 Å². The van der Waals surface area contributed by atoms with Gasteiger partial charge in [0.2, 0.25) is 11.0 Å². The summed E-state index contributed by atoms with van der Waals surface area (Å²) in [5.41, 5.74) is 2.44. The molecule has 1 unspecified atom stereocenters. The molecule has 4 rings (SSSR count). The number of nitrogens with one attached hydrogen (secondary N) is 2. The molecule has 28 heavy (non-hydrogen) atoms. The Balaban J connectivity index is 1.50. The third-order valence-electron chi connectivity index (χ3n) is 4.56. The number of nitrogens with zero attached hydrogens (tertiary/aromatic N) is 3. The Kier molecular flexibility index (Phi) is 5.19. The van der Waals surface area contributed by atoms with Crippen LogP contribution < -0.4 is 10.6 Å². The highest BCUT2D eigenvalue weighted by atomic mass is 32.1. The van der Waals surface area contributed by atoms with Gasteiger partial charge in [-0.2, -0.15) is 0 Å². The molecule has 7 nitrogen and oxygen atoms in total. The largest absolute Gasteiger partial charge is 0.300 e. The lowest BCUT2D eigenvalue weighted by Gasteiger charge is -2.19. The van der Waals surface area contributed by atoms with Crippen molar-refractivity contribution in [3.8, 4) is 0 Å². The van der Waals surface area contributed by atoms with Crippen molar-refractivity contribution < 1.29 is 9.59 Å². The summed E-state index contributed by atoms with van der Waals surface area (Å²) in [6.45, 7) is 3.82. The lowest BCUT2D eigenvalue weighted by molar-refractivity contribution is -0.117. The molecule has 2 heterocycles. The number of aryl methyl sites for hydroxylation is 3. The van der Waals surface area contributed by atoms with Crippen molar-refractivity contribution >= 4 is 44.8 Å². The minimum absolute atomic E-state index is 0.126. The van der Waals surface area contributed by atoms with E-state index in [1.54, 1.807) is 12.1 Å².